The van der Waals surface area contributed by atoms with Crippen molar-refractivity contribution in [3.8, 4) is 0 Å². The zero-order valence-electron chi connectivity index (χ0n) is 17.5. The zero-order chi connectivity index (χ0) is 21.5. The largest absolute Gasteiger partial charge is 0.375 e. The second-order valence-electron chi connectivity index (χ2n) is 8.18. The van der Waals surface area contributed by atoms with E-state index in [1.54, 1.807) is 23.1 Å². The number of rotatable bonds is 5. The fraction of sp³-hybridized carbons (Fsp3) is 0.231. The summed E-state index contributed by atoms with van der Waals surface area (Å²) in [6.45, 7) is 6.19. The summed E-state index contributed by atoms with van der Waals surface area (Å²) < 4.78 is 0. The van der Waals surface area contributed by atoms with Gasteiger partial charge in [-0.1, -0.05) is 71.8 Å². The van der Waals surface area contributed by atoms with Crippen molar-refractivity contribution in [2.45, 2.75) is 39.3 Å². The van der Waals surface area contributed by atoms with E-state index in [4.69, 9.17) is 0 Å². The van der Waals surface area contributed by atoms with Crippen molar-refractivity contribution in [3.05, 3.63) is 100 Å². The fourth-order valence-electron chi connectivity index (χ4n) is 4.28. The van der Waals surface area contributed by atoms with Crippen molar-refractivity contribution in [2.75, 3.05) is 4.90 Å². The second-order valence-corrected chi connectivity index (χ2v) is 8.18. The minimum absolute atomic E-state index is 0.240. The van der Waals surface area contributed by atoms with Gasteiger partial charge in [0.05, 0.1) is 18.7 Å². The highest BCUT2D eigenvalue weighted by atomic mass is 16.3. The first-order valence-corrected chi connectivity index (χ1v) is 10.1. The smallest absolute Gasteiger partial charge is 0.264 e. The molecule has 30 heavy (non-hydrogen) atoms. The summed E-state index contributed by atoms with van der Waals surface area (Å²) in [4.78, 5) is 28.1. The van der Waals surface area contributed by atoms with Crippen LogP contribution in [0.15, 0.2) is 66.7 Å². The van der Waals surface area contributed by atoms with Crippen LogP contribution in [-0.4, -0.2) is 16.8 Å². The molecule has 4 heteroatoms. The fourth-order valence-corrected chi connectivity index (χ4v) is 4.28. The molecule has 0 saturated carbocycles. The molecule has 1 atom stereocenters. The van der Waals surface area contributed by atoms with Crippen molar-refractivity contribution in [3.63, 3.8) is 0 Å². The third-order valence-corrected chi connectivity index (χ3v) is 5.76. The summed E-state index contributed by atoms with van der Waals surface area (Å²) in [5.41, 5.74) is 3.80. The molecule has 0 saturated heterocycles. The maximum atomic E-state index is 13.4. The SMILES string of the molecule is Cc1cccc(CN2C(=O)C(O)(CC(=O)c3ccc(C)cc3C)c3ccccc32)c1. The number of fused-ring (bicyclic) bond motifs is 1. The Morgan fingerprint density at radius 1 is 0.933 bits per heavy atom. The second kappa shape index (κ2) is 7.54. The molecule has 3 aromatic rings. The van der Waals surface area contributed by atoms with Crippen molar-refractivity contribution in [2.24, 2.45) is 0 Å². The summed E-state index contributed by atoms with van der Waals surface area (Å²) >= 11 is 0. The number of aryl methyl sites for hydroxylation is 3. The molecule has 1 N–H and O–H groups in total. The molecule has 0 radical (unpaired) electrons. The molecule has 1 aliphatic heterocycles. The van der Waals surface area contributed by atoms with Gasteiger partial charge in [-0.05, 0) is 38.0 Å². The summed E-state index contributed by atoms with van der Waals surface area (Å²) in [5.74, 6) is -0.695. The zero-order valence-corrected chi connectivity index (χ0v) is 17.5. The molecule has 0 bridgehead atoms. The van der Waals surface area contributed by atoms with Crippen LogP contribution in [-0.2, 0) is 16.9 Å². The molecular formula is C26H25NO3. The average molecular weight is 399 g/mol. The monoisotopic (exact) mass is 399 g/mol. The van der Waals surface area contributed by atoms with E-state index in [0.29, 0.717) is 23.4 Å². The van der Waals surface area contributed by atoms with Crippen LogP contribution in [0.5, 0.6) is 0 Å². The van der Waals surface area contributed by atoms with Crippen LogP contribution in [0, 0.1) is 20.8 Å². The number of hydrogen-bond donors (Lipinski definition) is 1. The first-order valence-electron chi connectivity index (χ1n) is 10.1. The summed E-state index contributed by atoms with van der Waals surface area (Å²) in [5, 5.41) is 11.5. The van der Waals surface area contributed by atoms with Crippen LogP contribution in [0.25, 0.3) is 0 Å². The molecule has 1 amide bonds. The van der Waals surface area contributed by atoms with Crippen molar-refractivity contribution in [1.82, 2.24) is 0 Å². The van der Waals surface area contributed by atoms with Crippen LogP contribution in [0.3, 0.4) is 0 Å². The van der Waals surface area contributed by atoms with Crippen LogP contribution in [0.4, 0.5) is 5.69 Å². The Labute approximate surface area is 176 Å². The highest BCUT2D eigenvalue weighted by molar-refractivity contribution is 6.11. The van der Waals surface area contributed by atoms with Crippen LogP contribution in [0.1, 0.15) is 44.6 Å². The molecule has 0 aliphatic carbocycles. The molecular weight excluding hydrogens is 374 g/mol. The van der Waals surface area contributed by atoms with E-state index in [-0.39, 0.29) is 12.2 Å². The van der Waals surface area contributed by atoms with E-state index in [1.807, 2.05) is 69.3 Å². The van der Waals surface area contributed by atoms with Gasteiger partial charge in [0.1, 0.15) is 0 Å². The van der Waals surface area contributed by atoms with Gasteiger partial charge in [-0.2, -0.15) is 0 Å². The summed E-state index contributed by atoms with van der Waals surface area (Å²) in [7, 11) is 0. The maximum absolute atomic E-state index is 13.4. The number of Topliss-reactive ketones (excluding diaryl/α,β-unsaturated/α-hetero) is 1. The molecule has 0 spiro atoms. The number of carbonyl (C=O) groups excluding carboxylic acids is 2. The molecule has 1 aliphatic rings. The average Bonchev–Trinajstić information content (AvgIpc) is 2.90. The number of benzene rings is 3. The van der Waals surface area contributed by atoms with Crippen molar-refractivity contribution < 1.29 is 14.7 Å². The number of para-hydroxylation sites is 1. The predicted octanol–water partition coefficient (Wildman–Crippen LogP) is 4.62. The third-order valence-electron chi connectivity index (χ3n) is 5.76. The Bertz CT molecular complexity index is 1150. The van der Waals surface area contributed by atoms with Gasteiger partial charge < -0.3 is 10.0 Å². The number of ketones is 1. The first-order chi connectivity index (χ1) is 14.3. The summed E-state index contributed by atoms with van der Waals surface area (Å²) in [6, 6.07) is 20.7. The van der Waals surface area contributed by atoms with E-state index in [2.05, 4.69) is 0 Å². The van der Waals surface area contributed by atoms with Crippen LogP contribution in [0.2, 0.25) is 0 Å². The van der Waals surface area contributed by atoms with Gasteiger partial charge in [0.25, 0.3) is 5.91 Å². The normalized spacial score (nSPS) is 17.9. The van der Waals surface area contributed by atoms with E-state index in [9.17, 15) is 14.7 Å². The highest BCUT2D eigenvalue weighted by Gasteiger charge is 2.50. The van der Waals surface area contributed by atoms with Crippen molar-refractivity contribution in [1.29, 1.82) is 0 Å². The molecule has 152 valence electrons. The molecule has 0 fully saturated rings. The van der Waals surface area contributed by atoms with Crippen LogP contribution >= 0.6 is 0 Å². The quantitative estimate of drug-likeness (QED) is 0.637. The minimum Gasteiger partial charge on any atom is -0.375 e. The topological polar surface area (TPSA) is 57.6 Å². The number of hydrogen-bond acceptors (Lipinski definition) is 3. The van der Waals surface area contributed by atoms with E-state index >= 15 is 0 Å². The summed E-state index contributed by atoms with van der Waals surface area (Å²) in [6.07, 6.45) is -0.281. The third kappa shape index (κ3) is 3.44. The Balaban J connectivity index is 1.69. The van der Waals surface area contributed by atoms with Crippen molar-refractivity contribution >= 4 is 17.4 Å². The molecule has 1 unspecified atom stereocenters. The van der Waals surface area contributed by atoms with Gasteiger partial charge in [-0.15, -0.1) is 0 Å². The molecule has 4 nitrogen and oxygen atoms in total. The van der Waals surface area contributed by atoms with E-state index < -0.39 is 11.5 Å². The molecule has 4 rings (SSSR count). The number of anilines is 1. The Kier molecular flexibility index (Phi) is 5.04. The van der Waals surface area contributed by atoms with Gasteiger partial charge in [-0.25, -0.2) is 0 Å². The molecule has 0 aromatic heterocycles. The number of carbonyl (C=O) groups is 2. The lowest BCUT2D eigenvalue weighted by atomic mass is 9.87. The minimum atomic E-state index is -1.87. The Morgan fingerprint density at radius 2 is 1.67 bits per heavy atom. The lowest BCUT2D eigenvalue weighted by molar-refractivity contribution is -0.136. The van der Waals surface area contributed by atoms with Gasteiger partial charge >= 0.3 is 0 Å². The molecule has 3 aromatic carbocycles. The standard InChI is InChI=1S/C26H25NO3/c1-17-7-6-8-20(14-17)16-27-23-10-5-4-9-22(23)26(30,25(27)29)15-24(28)21-12-11-18(2)13-19(21)3/h4-14,30H,15-16H2,1-3H3. The van der Waals surface area contributed by atoms with Gasteiger partial charge in [-0.3, -0.25) is 9.59 Å². The predicted molar refractivity (Wildman–Crippen MR) is 118 cm³/mol. The lowest BCUT2D eigenvalue weighted by Crippen LogP contribution is -2.41. The van der Waals surface area contributed by atoms with Crippen LogP contribution < -0.4 is 4.90 Å². The first kappa shape index (κ1) is 20.0. The van der Waals surface area contributed by atoms with Gasteiger partial charge in [0.15, 0.2) is 11.4 Å². The maximum Gasteiger partial charge on any atom is 0.264 e. The number of amides is 1. The Hall–Kier alpha value is -3.24. The lowest BCUT2D eigenvalue weighted by Gasteiger charge is -2.23. The van der Waals surface area contributed by atoms with Gasteiger partial charge in [0, 0.05) is 11.1 Å². The van der Waals surface area contributed by atoms with E-state index in [1.165, 1.54) is 0 Å². The highest BCUT2D eigenvalue weighted by Crippen LogP contribution is 2.43. The number of nitrogens with zero attached hydrogens (tertiary/aromatic N) is 1. The van der Waals surface area contributed by atoms with E-state index in [0.717, 1.165) is 22.3 Å². The number of aliphatic hydroxyl groups is 1. The van der Waals surface area contributed by atoms with Gasteiger partial charge in [0.2, 0.25) is 0 Å². The Morgan fingerprint density at radius 3 is 2.40 bits per heavy atom. The molecule has 1 heterocycles.